The Kier molecular flexibility index (Phi) is 4.89. The summed E-state index contributed by atoms with van der Waals surface area (Å²) in [6, 6.07) is 5.85. The van der Waals surface area contributed by atoms with Gasteiger partial charge in [0.2, 0.25) is 9.84 Å². The predicted molar refractivity (Wildman–Crippen MR) is 81.3 cm³/mol. The lowest BCUT2D eigenvalue weighted by Crippen LogP contribution is -2.52. The van der Waals surface area contributed by atoms with Crippen LogP contribution in [0.2, 0.25) is 0 Å². The molecule has 0 aliphatic carbocycles. The predicted octanol–water partition coefficient (Wildman–Crippen LogP) is 2.24. The van der Waals surface area contributed by atoms with Gasteiger partial charge in [-0.15, -0.1) is 0 Å². The van der Waals surface area contributed by atoms with Crippen molar-refractivity contribution in [3.05, 3.63) is 29.8 Å². The molecule has 124 valence electrons. The van der Waals surface area contributed by atoms with E-state index in [-0.39, 0.29) is 16.4 Å². The van der Waals surface area contributed by atoms with Gasteiger partial charge < -0.3 is 5.73 Å². The number of piperidine rings is 1. The quantitative estimate of drug-likeness (QED) is 0.918. The highest BCUT2D eigenvalue weighted by atomic mass is 32.2. The molecule has 1 aliphatic rings. The molecule has 1 aromatic carbocycles. The number of rotatable bonds is 4. The second-order valence-corrected chi connectivity index (χ2v) is 8.46. The maximum absolute atomic E-state index is 12.5. The average Bonchev–Trinajstić information content (AvgIpc) is 2.43. The van der Waals surface area contributed by atoms with Gasteiger partial charge in [0.25, 0.3) is 0 Å². The summed E-state index contributed by atoms with van der Waals surface area (Å²) in [5.41, 5.74) is 7.03. The maximum atomic E-state index is 12.5. The summed E-state index contributed by atoms with van der Waals surface area (Å²) in [4.78, 5) is 1.91. The van der Waals surface area contributed by atoms with Crippen LogP contribution in [-0.2, 0) is 16.4 Å². The minimum absolute atomic E-state index is 0.0250. The second-order valence-electron chi connectivity index (χ2n) is 6.54. The number of benzene rings is 1. The first-order valence-electron chi connectivity index (χ1n) is 7.22. The topological polar surface area (TPSA) is 63.4 Å². The summed E-state index contributed by atoms with van der Waals surface area (Å²) < 4.78 is 47.7. The van der Waals surface area contributed by atoms with E-state index in [1.165, 1.54) is 12.1 Å². The number of hydrogen-bond acceptors (Lipinski definition) is 4. The molecule has 1 saturated heterocycles. The van der Waals surface area contributed by atoms with Gasteiger partial charge in [0.15, 0.2) is 0 Å². The highest BCUT2D eigenvalue weighted by molar-refractivity contribution is 7.91. The average molecular weight is 332 g/mol. The number of alkyl halides is 2. The highest BCUT2D eigenvalue weighted by Gasteiger charge is 2.33. The number of hydrogen-bond donors (Lipinski definition) is 1. The zero-order chi connectivity index (χ0) is 16.5. The van der Waals surface area contributed by atoms with Crippen molar-refractivity contribution in [2.45, 2.75) is 43.5 Å². The van der Waals surface area contributed by atoms with Gasteiger partial charge in [-0.05, 0) is 29.5 Å². The Bertz CT molecular complexity index is 615. The van der Waals surface area contributed by atoms with E-state index >= 15 is 0 Å². The zero-order valence-electron chi connectivity index (χ0n) is 12.8. The van der Waals surface area contributed by atoms with Crippen LogP contribution in [0.5, 0.6) is 0 Å². The fraction of sp³-hybridized carbons (Fsp3) is 0.600. The van der Waals surface area contributed by atoms with Crippen LogP contribution in [0.25, 0.3) is 0 Å². The first-order chi connectivity index (χ1) is 10.1. The van der Waals surface area contributed by atoms with Crippen LogP contribution in [0.15, 0.2) is 29.2 Å². The number of sulfone groups is 1. The molecule has 0 saturated carbocycles. The zero-order valence-corrected chi connectivity index (χ0v) is 13.6. The first-order valence-corrected chi connectivity index (χ1v) is 8.76. The second kappa shape index (κ2) is 6.22. The van der Waals surface area contributed by atoms with Crippen molar-refractivity contribution >= 4 is 9.84 Å². The smallest absolute Gasteiger partial charge is 0.327 e. The highest BCUT2D eigenvalue weighted by Crippen LogP contribution is 2.28. The molecule has 2 N–H and O–H groups in total. The Morgan fingerprint density at radius 2 is 1.91 bits per heavy atom. The molecule has 1 heterocycles. The summed E-state index contributed by atoms with van der Waals surface area (Å²) in [6.07, 6.45) is 0.908. The van der Waals surface area contributed by atoms with Crippen LogP contribution in [0.1, 0.15) is 25.8 Å². The van der Waals surface area contributed by atoms with Gasteiger partial charge in [0, 0.05) is 25.7 Å². The van der Waals surface area contributed by atoms with Crippen molar-refractivity contribution in [2.24, 2.45) is 11.1 Å². The van der Waals surface area contributed by atoms with Gasteiger partial charge in [-0.3, -0.25) is 4.90 Å². The summed E-state index contributed by atoms with van der Waals surface area (Å²) >= 11 is 0. The van der Waals surface area contributed by atoms with Crippen molar-refractivity contribution in [1.82, 2.24) is 4.90 Å². The molecule has 4 nitrogen and oxygen atoms in total. The number of likely N-dealkylation sites (tertiary alicyclic amines) is 1. The lowest BCUT2D eigenvalue weighted by atomic mass is 9.79. The summed E-state index contributed by atoms with van der Waals surface area (Å²) in [5, 5.41) is 0. The van der Waals surface area contributed by atoms with E-state index in [2.05, 4.69) is 18.7 Å². The SMILES string of the molecule is CC1(C)CN(Cc2ccc(S(=O)(=O)C(F)F)cc2)CCC1N. The fourth-order valence-corrected chi connectivity index (χ4v) is 3.49. The third kappa shape index (κ3) is 3.64. The fourth-order valence-electron chi connectivity index (χ4n) is 2.77. The molecule has 22 heavy (non-hydrogen) atoms. The van der Waals surface area contributed by atoms with E-state index in [4.69, 9.17) is 5.73 Å². The van der Waals surface area contributed by atoms with Crippen LogP contribution in [0.3, 0.4) is 0 Å². The monoisotopic (exact) mass is 332 g/mol. The number of nitrogens with two attached hydrogens (primary N) is 1. The van der Waals surface area contributed by atoms with Crippen LogP contribution in [-0.4, -0.2) is 38.2 Å². The molecule has 0 spiro atoms. The van der Waals surface area contributed by atoms with Gasteiger partial charge in [0.05, 0.1) is 4.90 Å². The van der Waals surface area contributed by atoms with Crippen molar-refractivity contribution in [3.63, 3.8) is 0 Å². The summed E-state index contributed by atoms with van der Waals surface area (Å²) in [7, 11) is -4.52. The van der Waals surface area contributed by atoms with Gasteiger partial charge >= 0.3 is 5.76 Å². The van der Waals surface area contributed by atoms with E-state index < -0.39 is 15.6 Å². The molecule has 1 atom stereocenters. The minimum atomic E-state index is -4.52. The van der Waals surface area contributed by atoms with E-state index in [0.717, 1.165) is 25.1 Å². The minimum Gasteiger partial charge on any atom is -0.327 e. The van der Waals surface area contributed by atoms with Crippen molar-refractivity contribution in [2.75, 3.05) is 13.1 Å². The molecule has 1 unspecified atom stereocenters. The largest absolute Gasteiger partial charge is 0.341 e. The third-order valence-corrected chi connectivity index (χ3v) is 5.68. The third-order valence-electron chi connectivity index (χ3n) is 4.28. The molecule has 0 radical (unpaired) electrons. The maximum Gasteiger partial charge on any atom is 0.341 e. The molecular weight excluding hydrogens is 310 g/mol. The van der Waals surface area contributed by atoms with Gasteiger partial charge in [-0.2, -0.15) is 8.78 Å². The van der Waals surface area contributed by atoms with Crippen LogP contribution >= 0.6 is 0 Å². The van der Waals surface area contributed by atoms with E-state index in [1.807, 2.05) is 0 Å². The summed E-state index contributed by atoms with van der Waals surface area (Å²) in [6.45, 7) is 6.64. The van der Waals surface area contributed by atoms with Crippen LogP contribution in [0.4, 0.5) is 8.78 Å². The number of halogens is 2. The van der Waals surface area contributed by atoms with Crippen LogP contribution < -0.4 is 5.73 Å². The number of nitrogens with zero attached hydrogens (tertiary/aromatic N) is 1. The molecule has 7 heteroatoms. The van der Waals surface area contributed by atoms with E-state index in [9.17, 15) is 17.2 Å². The normalized spacial score (nSPS) is 22.9. The summed E-state index contributed by atoms with van der Waals surface area (Å²) in [5.74, 6) is -3.39. The molecule has 0 aromatic heterocycles. The van der Waals surface area contributed by atoms with Crippen LogP contribution in [0, 0.1) is 5.41 Å². The Morgan fingerprint density at radius 3 is 2.41 bits per heavy atom. The molecule has 1 fully saturated rings. The lowest BCUT2D eigenvalue weighted by molar-refractivity contribution is 0.0899. The molecule has 2 rings (SSSR count). The molecule has 1 aliphatic heterocycles. The van der Waals surface area contributed by atoms with Gasteiger partial charge in [-0.25, -0.2) is 8.42 Å². The standard InChI is InChI=1S/C15H22F2N2O2S/c1-15(2)10-19(8-7-13(15)18)9-11-3-5-12(6-4-11)22(20,21)14(16)17/h3-6,13-14H,7-10,18H2,1-2H3. The van der Waals surface area contributed by atoms with E-state index in [1.54, 1.807) is 12.1 Å². The molecule has 1 aromatic rings. The molecule has 0 amide bonds. The molecule has 0 bridgehead atoms. The van der Waals surface area contributed by atoms with E-state index in [0.29, 0.717) is 6.54 Å². The Hall–Kier alpha value is -1.05. The van der Waals surface area contributed by atoms with Crippen molar-refractivity contribution in [3.8, 4) is 0 Å². The van der Waals surface area contributed by atoms with Gasteiger partial charge in [0.1, 0.15) is 0 Å². The Morgan fingerprint density at radius 1 is 1.32 bits per heavy atom. The van der Waals surface area contributed by atoms with Crippen molar-refractivity contribution in [1.29, 1.82) is 0 Å². The lowest BCUT2D eigenvalue weighted by Gasteiger charge is -2.42. The molecular formula is C15H22F2N2O2S. The first kappa shape index (κ1) is 17.3. The Balaban J connectivity index is 2.07. The van der Waals surface area contributed by atoms with Gasteiger partial charge in [-0.1, -0.05) is 26.0 Å². The Labute approximate surface area is 130 Å². The van der Waals surface area contributed by atoms with Crippen molar-refractivity contribution < 1.29 is 17.2 Å².